The molecule has 0 unspecified atom stereocenters. The molecule has 1 fully saturated rings. The van der Waals surface area contributed by atoms with Gasteiger partial charge in [0, 0.05) is 18.7 Å². The van der Waals surface area contributed by atoms with Crippen molar-refractivity contribution in [2.45, 2.75) is 13.3 Å². The molecule has 0 bridgehead atoms. The van der Waals surface area contributed by atoms with E-state index < -0.39 is 0 Å². The zero-order valence-electron chi connectivity index (χ0n) is 10.7. The van der Waals surface area contributed by atoms with E-state index in [2.05, 4.69) is 5.32 Å². The Hall–Kier alpha value is -2.37. The van der Waals surface area contributed by atoms with Crippen LogP contribution in [-0.4, -0.2) is 31.3 Å². The predicted molar refractivity (Wildman–Crippen MR) is 69.3 cm³/mol. The number of Topliss-reactive ketones (excluding diaryl/α,β-unsaturated/α-hetero) is 1. The van der Waals surface area contributed by atoms with Crippen LogP contribution in [0.2, 0.25) is 0 Å². The van der Waals surface area contributed by atoms with Crippen molar-refractivity contribution in [1.29, 1.82) is 0 Å². The number of hydrogen-bond acceptors (Lipinski definition) is 4. The minimum Gasteiger partial charge on any atom is -0.494 e. The van der Waals surface area contributed by atoms with Gasteiger partial charge in [0.05, 0.1) is 25.8 Å². The van der Waals surface area contributed by atoms with Crippen LogP contribution >= 0.6 is 0 Å². The summed E-state index contributed by atoms with van der Waals surface area (Å²) < 4.78 is 5.17. The molecule has 2 amide bonds. The molecule has 1 N–H and O–H groups in total. The highest BCUT2D eigenvalue weighted by Gasteiger charge is 2.29. The van der Waals surface area contributed by atoms with E-state index in [1.54, 1.807) is 18.2 Å². The number of hydrogen-bond donors (Lipinski definition) is 1. The monoisotopic (exact) mass is 262 g/mol. The zero-order chi connectivity index (χ0) is 14.0. The van der Waals surface area contributed by atoms with Crippen LogP contribution in [0.3, 0.4) is 0 Å². The Labute approximate surface area is 110 Å². The number of rotatable bonds is 3. The predicted octanol–water partition coefficient (Wildman–Crippen LogP) is 0.959. The van der Waals surface area contributed by atoms with Gasteiger partial charge in [0.2, 0.25) is 11.8 Å². The van der Waals surface area contributed by atoms with Gasteiger partial charge >= 0.3 is 0 Å². The third-order valence-corrected chi connectivity index (χ3v) is 2.79. The maximum absolute atomic E-state index is 11.6. The molecule has 2 rings (SSSR count). The van der Waals surface area contributed by atoms with Crippen molar-refractivity contribution in [3.63, 3.8) is 0 Å². The largest absolute Gasteiger partial charge is 0.494 e. The lowest BCUT2D eigenvalue weighted by Gasteiger charge is -2.17. The molecule has 6 heteroatoms. The second kappa shape index (κ2) is 5.09. The van der Waals surface area contributed by atoms with E-state index >= 15 is 0 Å². The van der Waals surface area contributed by atoms with Gasteiger partial charge in [-0.25, -0.2) is 0 Å². The van der Waals surface area contributed by atoms with Crippen molar-refractivity contribution >= 4 is 29.0 Å². The average molecular weight is 262 g/mol. The highest BCUT2D eigenvalue weighted by Crippen LogP contribution is 2.31. The third-order valence-electron chi connectivity index (χ3n) is 2.79. The molecule has 0 saturated carbocycles. The van der Waals surface area contributed by atoms with Gasteiger partial charge in [-0.2, -0.15) is 0 Å². The first-order valence-electron chi connectivity index (χ1n) is 5.79. The molecule has 0 aliphatic carbocycles. The fourth-order valence-corrected chi connectivity index (χ4v) is 1.96. The fraction of sp³-hybridized carbons (Fsp3) is 0.308. The molecule has 1 aliphatic heterocycles. The molecular weight excluding hydrogens is 248 g/mol. The Morgan fingerprint density at radius 2 is 2.11 bits per heavy atom. The smallest absolute Gasteiger partial charge is 0.234 e. The lowest BCUT2D eigenvalue weighted by atomic mass is 10.2. The molecule has 0 spiro atoms. The van der Waals surface area contributed by atoms with E-state index in [-0.39, 0.29) is 30.6 Å². The second-order valence-electron chi connectivity index (χ2n) is 4.26. The van der Waals surface area contributed by atoms with Crippen LogP contribution in [0, 0.1) is 0 Å². The first kappa shape index (κ1) is 13.1. The third kappa shape index (κ3) is 2.73. The summed E-state index contributed by atoms with van der Waals surface area (Å²) >= 11 is 0. The van der Waals surface area contributed by atoms with Crippen molar-refractivity contribution in [3.8, 4) is 5.75 Å². The summed E-state index contributed by atoms with van der Waals surface area (Å²) in [5, 5.41) is 2.63. The Kier molecular flexibility index (Phi) is 3.50. The standard InChI is InChI=1S/C13H14N2O4/c1-8(16)14-11-4-3-9(5-12(11)19-2)15-7-10(17)6-13(15)18/h3-5H,6-7H2,1-2H3,(H,14,16). The van der Waals surface area contributed by atoms with Crippen LogP contribution in [0.25, 0.3) is 0 Å². The van der Waals surface area contributed by atoms with Crippen molar-refractivity contribution in [1.82, 2.24) is 0 Å². The lowest BCUT2D eigenvalue weighted by Crippen LogP contribution is -2.24. The van der Waals surface area contributed by atoms with E-state index in [0.29, 0.717) is 17.1 Å². The number of carbonyl (C=O) groups excluding carboxylic acids is 3. The minimum atomic E-state index is -0.223. The van der Waals surface area contributed by atoms with Crippen molar-refractivity contribution in [3.05, 3.63) is 18.2 Å². The van der Waals surface area contributed by atoms with E-state index in [0.717, 1.165) is 0 Å². The highest BCUT2D eigenvalue weighted by atomic mass is 16.5. The molecule has 1 aromatic rings. The van der Waals surface area contributed by atoms with Gasteiger partial charge in [0.1, 0.15) is 5.75 Å². The molecule has 100 valence electrons. The fourth-order valence-electron chi connectivity index (χ4n) is 1.96. The summed E-state index contributed by atoms with van der Waals surface area (Å²) in [6, 6.07) is 4.94. The molecule has 1 saturated heterocycles. The highest BCUT2D eigenvalue weighted by molar-refractivity contribution is 6.15. The van der Waals surface area contributed by atoms with Gasteiger partial charge in [-0.05, 0) is 12.1 Å². The van der Waals surface area contributed by atoms with E-state index in [4.69, 9.17) is 4.74 Å². The number of nitrogens with zero attached hydrogens (tertiary/aromatic N) is 1. The number of nitrogens with one attached hydrogen (secondary N) is 1. The van der Waals surface area contributed by atoms with Gasteiger partial charge in [0.25, 0.3) is 0 Å². The van der Waals surface area contributed by atoms with Crippen LogP contribution in [0.5, 0.6) is 5.75 Å². The first-order chi connectivity index (χ1) is 9.01. The Balaban J connectivity index is 2.31. The van der Waals surface area contributed by atoms with Gasteiger partial charge in [-0.15, -0.1) is 0 Å². The number of ether oxygens (including phenoxy) is 1. The van der Waals surface area contributed by atoms with Crippen LogP contribution in [-0.2, 0) is 14.4 Å². The molecule has 0 atom stereocenters. The van der Waals surface area contributed by atoms with Gasteiger partial charge in [0.15, 0.2) is 5.78 Å². The molecule has 0 radical (unpaired) electrons. The SMILES string of the molecule is COc1cc(N2CC(=O)CC2=O)ccc1NC(C)=O. The zero-order valence-corrected chi connectivity index (χ0v) is 10.7. The molecular formula is C13H14N2O4. The number of amides is 2. The molecule has 1 aromatic carbocycles. The van der Waals surface area contributed by atoms with Crippen molar-refractivity contribution in [2.75, 3.05) is 23.9 Å². The minimum absolute atomic E-state index is 0.0598. The van der Waals surface area contributed by atoms with Crippen LogP contribution < -0.4 is 15.0 Å². The number of carbonyl (C=O) groups is 3. The van der Waals surface area contributed by atoms with Crippen LogP contribution in [0.1, 0.15) is 13.3 Å². The molecule has 6 nitrogen and oxygen atoms in total. The molecule has 19 heavy (non-hydrogen) atoms. The average Bonchev–Trinajstić information content (AvgIpc) is 2.68. The summed E-state index contributed by atoms with van der Waals surface area (Å²) in [4.78, 5) is 35.3. The van der Waals surface area contributed by atoms with Crippen molar-refractivity contribution in [2.24, 2.45) is 0 Å². The van der Waals surface area contributed by atoms with Gasteiger partial charge < -0.3 is 15.0 Å². The maximum atomic E-state index is 11.6. The van der Waals surface area contributed by atoms with E-state index in [9.17, 15) is 14.4 Å². The van der Waals surface area contributed by atoms with Crippen LogP contribution in [0.15, 0.2) is 18.2 Å². The molecule has 0 aromatic heterocycles. The number of methoxy groups -OCH3 is 1. The van der Waals surface area contributed by atoms with Gasteiger partial charge in [-0.1, -0.05) is 0 Å². The van der Waals surface area contributed by atoms with E-state index in [1.165, 1.54) is 18.9 Å². The number of benzene rings is 1. The summed E-state index contributed by atoms with van der Waals surface area (Å²) in [6.45, 7) is 1.48. The Morgan fingerprint density at radius 1 is 1.37 bits per heavy atom. The quantitative estimate of drug-likeness (QED) is 0.823. The molecule has 1 aliphatic rings. The summed E-state index contributed by atoms with van der Waals surface area (Å²) in [5.74, 6) is -0.0902. The summed E-state index contributed by atoms with van der Waals surface area (Å²) in [6.07, 6.45) is -0.0598. The normalized spacial score (nSPS) is 14.7. The first-order valence-corrected chi connectivity index (χ1v) is 5.79. The Bertz CT molecular complexity index is 554. The lowest BCUT2D eigenvalue weighted by molar-refractivity contribution is -0.121. The second-order valence-corrected chi connectivity index (χ2v) is 4.26. The number of ketones is 1. The van der Waals surface area contributed by atoms with Gasteiger partial charge in [-0.3, -0.25) is 14.4 Å². The number of anilines is 2. The Morgan fingerprint density at radius 3 is 2.63 bits per heavy atom. The summed E-state index contributed by atoms with van der Waals surface area (Å²) in [7, 11) is 1.47. The molecule has 1 heterocycles. The van der Waals surface area contributed by atoms with Crippen molar-refractivity contribution < 1.29 is 19.1 Å². The summed E-state index contributed by atoms with van der Waals surface area (Å²) in [5.41, 5.74) is 1.11. The topological polar surface area (TPSA) is 75.7 Å². The maximum Gasteiger partial charge on any atom is 0.234 e. The van der Waals surface area contributed by atoms with E-state index in [1.807, 2.05) is 0 Å². The van der Waals surface area contributed by atoms with Crippen LogP contribution in [0.4, 0.5) is 11.4 Å².